The van der Waals surface area contributed by atoms with Crippen molar-refractivity contribution >= 4 is 12.6 Å². The maximum atomic E-state index is 4.94. The van der Waals surface area contributed by atoms with Crippen LogP contribution in [0.25, 0.3) is 0 Å². The summed E-state index contributed by atoms with van der Waals surface area (Å²) in [7, 11) is 1.62. The number of para-hydroxylation sites is 1. The SMILES string of the molecule is COc1ccccc1[S-].[Na+]. The molecule has 0 aliphatic rings. The maximum absolute atomic E-state index is 4.94. The molecule has 48 valence electrons. The van der Waals surface area contributed by atoms with E-state index >= 15 is 0 Å². The molecule has 0 bridgehead atoms. The summed E-state index contributed by atoms with van der Waals surface area (Å²) in [4.78, 5) is 0.764. The minimum Gasteiger partial charge on any atom is -0.776 e. The first kappa shape index (κ1) is 10.2. The summed E-state index contributed by atoms with van der Waals surface area (Å²) in [6.45, 7) is 0. The average molecular weight is 162 g/mol. The topological polar surface area (TPSA) is 9.23 Å². The second kappa shape index (κ2) is 4.97. The summed E-state index contributed by atoms with van der Waals surface area (Å²) in [6.07, 6.45) is 0. The Hall–Kier alpha value is 0.240. The minimum absolute atomic E-state index is 0. The Bertz CT molecular complexity index is 203. The van der Waals surface area contributed by atoms with Crippen LogP contribution in [0, 0.1) is 0 Å². The van der Waals surface area contributed by atoms with Crippen LogP contribution in [0.5, 0.6) is 5.75 Å². The zero-order valence-corrected chi connectivity index (χ0v) is 8.94. The quantitative estimate of drug-likeness (QED) is 0.371. The Morgan fingerprint density at radius 3 is 2.30 bits per heavy atom. The monoisotopic (exact) mass is 162 g/mol. The van der Waals surface area contributed by atoms with Gasteiger partial charge in [-0.25, -0.2) is 0 Å². The van der Waals surface area contributed by atoms with Gasteiger partial charge in [0.1, 0.15) is 0 Å². The Morgan fingerprint density at radius 2 is 1.90 bits per heavy atom. The first-order valence-corrected chi connectivity index (χ1v) is 3.05. The van der Waals surface area contributed by atoms with Crippen LogP contribution in [0.2, 0.25) is 0 Å². The number of methoxy groups -OCH3 is 1. The number of hydrogen-bond donors (Lipinski definition) is 0. The van der Waals surface area contributed by atoms with Crippen molar-refractivity contribution in [1.82, 2.24) is 0 Å². The summed E-state index contributed by atoms with van der Waals surface area (Å²) < 4.78 is 4.94. The molecule has 1 rings (SSSR count). The third-order valence-electron chi connectivity index (χ3n) is 1.07. The molecule has 1 nitrogen and oxygen atoms in total. The number of benzene rings is 1. The van der Waals surface area contributed by atoms with E-state index in [4.69, 9.17) is 17.4 Å². The standard InChI is InChI=1S/C7H8OS.Na/c1-8-6-4-2-3-5-7(6)9;/h2-5,9H,1H3;/q;+1/p-1. The third-order valence-corrected chi connectivity index (χ3v) is 1.41. The molecule has 0 heterocycles. The molecule has 3 heteroatoms. The zero-order valence-electron chi connectivity index (χ0n) is 6.13. The van der Waals surface area contributed by atoms with Crippen molar-refractivity contribution in [2.24, 2.45) is 0 Å². The molecule has 1 aromatic carbocycles. The fourth-order valence-corrected chi connectivity index (χ4v) is 0.849. The molecule has 0 saturated heterocycles. The maximum Gasteiger partial charge on any atom is 1.00 e. The molecule has 0 N–H and O–H groups in total. The third kappa shape index (κ3) is 2.46. The second-order valence-electron chi connectivity index (χ2n) is 1.65. The van der Waals surface area contributed by atoms with Crippen LogP contribution in [-0.4, -0.2) is 7.11 Å². The van der Waals surface area contributed by atoms with Crippen LogP contribution in [0.3, 0.4) is 0 Å². The van der Waals surface area contributed by atoms with Crippen molar-refractivity contribution in [3.63, 3.8) is 0 Å². The second-order valence-corrected chi connectivity index (χ2v) is 2.09. The molecule has 0 spiro atoms. The Morgan fingerprint density at radius 1 is 1.30 bits per heavy atom. The first-order chi connectivity index (χ1) is 4.34. The molecule has 0 unspecified atom stereocenters. The van der Waals surface area contributed by atoms with Gasteiger partial charge in [0.25, 0.3) is 0 Å². The molecule has 1 aromatic rings. The van der Waals surface area contributed by atoms with Gasteiger partial charge in [-0.2, -0.15) is 0 Å². The van der Waals surface area contributed by atoms with Gasteiger partial charge in [-0.3, -0.25) is 0 Å². The molecule has 0 atom stereocenters. The van der Waals surface area contributed by atoms with E-state index in [0.29, 0.717) is 0 Å². The first-order valence-electron chi connectivity index (χ1n) is 2.64. The zero-order chi connectivity index (χ0) is 6.69. The Labute approximate surface area is 88.5 Å². The van der Waals surface area contributed by atoms with Crippen molar-refractivity contribution in [3.8, 4) is 5.75 Å². The van der Waals surface area contributed by atoms with Crippen molar-refractivity contribution in [2.45, 2.75) is 4.90 Å². The van der Waals surface area contributed by atoms with Crippen LogP contribution in [0.4, 0.5) is 0 Å². The fourth-order valence-electron chi connectivity index (χ4n) is 0.619. The van der Waals surface area contributed by atoms with Gasteiger partial charge in [-0.05, 0) is 6.07 Å². The molecule has 10 heavy (non-hydrogen) atoms. The summed E-state index contributed by atoms with van der Waals surface area (Å²) in [5, 5.41) is 0. The molecule has 0 amide bonds. The summed E-state index contributed by atoms with van der Waals surface area (Å²) >= 11 is 4.93. The predicted octanol–water partition coefficient (Wildman–Crippen LogP) is -1.39. The van der Waals surface area contributed by atoms with Crippen LogP contribution in [-0.2, 0) is 12.6 Å². The Balaban J connectivity index is 0.000000810. The van der Waals surface area contributed by atoms with E-state index in [1.165, 1.54) is 0 Å². The van der Waals surface area contributed by atoms with Gasteiger partial charge >= 0.3 is 29.6 Å². The molecular weight excluding hydrogens is 155 g/mol. The van der Waals surface area contributed by atoms with Gasteiger partial charge in [-0.1, -0.05) is 18.2 Å². The van der Waals surface area contributed by atoms with E-state index in [9.17, 15) is 0 Å². The molecule has 0 aromatic heterocycles. The largest absolute Gasteiger partial charge is 1.00 e. The fraction of sp³-hybridized carbons (Fsp3) is 0.143. The molecular formula is C7H7NaOS. The number of hydrogen-bond acceptors (Lipinski definition) is 2. The predicted molar refractivity (Wildman–Crippen MR) is 38.6 cm³/mol. The van der Waals surface area contributed by atoms with E-state index in [1.54, 1.807) is 7.11 Å². The van der Waals surface area contributed by atoms with Gasteiger partial charge in [-0.15, -0.1) is 4.90 Å². The molecule has 0 fully saturated rings. The molecule has 0 aliphatic carbocycles. The van der Waals surface area contributed by atoms with Gasteiger partial charge in [0, 0.05) is 0 Å². The van der Waals surface area contributed by atoms with Crippen molar-refractivity contribution in [3.05, 3.63) is 24.3 Å². The van der Waals surface area contributed by atoms with Gasteiger partial charge in [0.05, 0.1) is 12.9 Å². The van der Waals surface area contributed by atoms with Crippen LogP contribution < -0.4 is 34.3 Å². The van der Waals surface area contributed by atoms with Crippen molar-refractivity contribution in [2.75, 3.05) is 7.11 Å². The normalized spacial score (nSPS) is 8.10. The van der Waals surface area contributed by atoms with Crippen molar-refractivity contribution < 1.29 is 34.3 Å². The van der Waals surface area contributed by atoms with E-state index in [0.717, 1.165) is 10.6 Å². The smallest absolute Gasteiger partial charge is 0.776 e. The van der Waals surface area contributed by atoms with Crippen LogP contribution in [0.1, 0.15) is 0 Å². The summed E-state index contributed by atoms with van der Waals surface area (Å²) in [5.74, 6) is 0.771. The van der Waals surface area contributed by atoms with Gasteiger partial charge in [0.2, 0.25) is 0 Å². The van der Waals surface area contributed by atoms with Crippen molar-refractivity contribution in [1.29, 1.82) is 0 Å². The van der Waals surface area contributed by atoms with E-state index < -0.39 is 0 Å². The Kier molecular flexibility index (Phi) is 5.09. The molecule has 0 saturated carbocycles. The summed E-state index contributed by atoms with van der Waals surface area (Å²) in [6, 6.07) is 7.48. The number of rotatable bonds is 1. The molecule has 0 aliphatic heterocycles. The summed E-state index contributed by atoms with van der Waals surface area (Å²) in [5.41, 5.74) is 0. The average Bonchev–Trinajstić information content (AvgIpc) is 1.89. The van der Waals surface area contributed by atoms with E-state index in [1.807, 2.05) is 24.3 Å². The minimum atomic E-state index is 0. The molecule has 0 radical (unpaired) electrons. The van der Waals surface area contributed by atoms with Gasteiger partial charge in [0.15, 0.2) is 0 Å². The van der Waals surface area contributed by atoms with Crippen LogP contribution >= 0.6 is 0 Å². The van der Waals surface area contributed by atoms with Crippen LogP contribution in [0.15, 0.2) is 29.2 Å². The van der Waals surface area contributed by atoms with Gasteiger partial charge < -0.3 is 17.4 Å². The van der Waals surface area contributed by atoms with E-state index in [-0.39, 0.29) is 29.6 Å². The number of ether oxygens (including phenoxy) is 1. The van der Waals surface area contributed by atoms with E-state index in [2.05, 4.69) is 0 Å².